The summed E-state index contributed by atoms with van der Waals surface area (Å²) in [5, 5.41) is 6.67. The van der Waals surface area contributed by atoms with Crippen molar-refractivity contribution in [2.24, 2.45) is 0 Å². The zero-order valence-electron chi connectivity index (χ0n) is 17.5. The molecule has 3 rings (SSSR count). The summed E-state index contributed by atoms with van der Waals surface area (Å²) in [5.74, 6) is -0.124. The van der Waals surface area contributed by atoms with Crippen molar-refractivity contribution < 1.29 is 9.59 Å². The van der Waals surface area contributed by atoms with Gasteiger partial charge in [-0.05, 0) is 63.1 Å². The van der Waals surface area contributed by atoms with Crippen molar-refractivity contribution in [2.45, 2.75) is 46.1 Å². The van der Waals surface area contributed by atoms with Gasteiger partial charge in [-0.25, -0.2) is 0 Å². The summed E-state index contributed by atoms with van der Waals surface area (Å²) >= 11 is 0. The van der Waals surface area contributed by atoms with Crippen LogP contribution in [0.3, 0.4) is 0 Å². The molecule has 2 aromatic carbocycles. The summed E-state index contributed by atoms with van der Waals surface area (Å²) in [6.45, 7) is 9.91. The third-order valence-electron chi connectivity index (χ3n) is 4.47. The number of para-hydroxylation sites is 1. The van der Waals surface area contributed by atoms with Crippen molar-refractivity contribution in [3.05, 3.63) is 71.4 Å². The molecule has 5 heteroatoms. The Morgan fingerprint density at radius 3 is 2.21 bits per heavy atom. The average Bonchev–Trinajstić information content (AvgIpc) is 2.66. The van der Waals surface area contributed by atoms with E-state index in [1.165, 1.54) is 0 Å². The Kier molecular flexibility index (Phi) is 5.69. The Hall–Kier alpha value is -3.21. The van der Waals surface area contributed by atoms with Gasteiger partial charge in [0.1, 0.15) is 0 Å². The Labute approximate surface area is 171 Å². The summed E-state index contributed by atoms with van der Waals surface area (Å²) in [6, 6.07) is 16.4. The summed E-state index contributed by atoms with van der Waals surface area (Å²) in [7, 11) is 0. The predicted molar refractivity (Wildman–Crippen MR) is 117 cm³/mol. The Morgan fingerprint density at radius 2 is 1.59 bits per heavy atom. The summed E-state index contributed by atoms with van der Waals surface area (Å²) in [5.41, 5.74) is 3.15. The van der Waals surface area contributed by atoms with Crippen LogP contribution in [0.15, 0.2) is 54.6 Å². The molecule has 0 aliphatic heterocycles. The fraction of sp³-hybridized carbons (Fsp3) is 0.292. The molecule has 1 heterocycles. The number of carbonyl (C=O) groups excluding carboxylic acids is 2. The predicted octanol–water partition coefficient (Wildman–Crippen LogP) is 5.14. The fourth-order valence-electron chi connectivity index (χ4n) is 3.00. The highest BCUT2D eigenvalue weighted by Gasteiger charge is 2.17. The van der Waals surface area contributed by atoms with Crippen molar-refractivity contribution in [1.29, 1.82) is 0 Å². The van der Waals surface area contributed by atoms with Gasteiger partial charge in [-0.3, -0.25) is 14.6 Å². The first kappa shape index (κ1) is 20.5. The van der Waals surface area contributed by atoms with Crippen molar-refractivity contribution in [3.8, 4) is 0 Å². The topological polar surface area (TPSA) is 71.1 Å². The van der Waals surface area contributed by atoms with Crippen molar-refractivity contribution in [2.75, 3.05) is 5.32 Å². The third-order valence-corrected chi connectivity index (χ3v) is 4.47. The van der Waals surface area contributed by atoms with Gasteiger partial charge >= 0.3 is 0 Å². The maximum atomic E-state index is 13.0. The van der Waals surface area contributed by atoms with Gasteiger partial charge in [0.2, 0.25) is 0 Å². The lowest BCUT2D eigenvalue weighted by Gasteiger charge is -2.20. The van der Waals surface area contributed by atoms with Crippen LogP contribution in [0.1, 0.15) is 66.9 Å². The smallest absolute Gasteiger partial charge is 0.256 e. The Bertz CT molecular complexity index is 1050. The summed E-state index contributed by atoms with van der Waals surface area (Å²) in [6.07, 6.45) is 0. The molecule has 0 aliphatic rings. The first-order valence-electron chi connectivity index (χ1n) is 9.77. The van der Waals surface area contributed by atoms with Gasteiger partial charge in [-0.2, -0.15) is 0 Å². The zero-order chi connectivity index (χ0) is 21.2. The van der Waals surface area contributed by atoms with Gasteiger partial charge in [0.15, 0.2) is 0 Å². The Morgan fingerprint density at radius 1 is 0.931 bits per heavy atom. The van der Waals surface area contributed by atoms with Crippen LogP contribution >= 0.6 is 0 Å². The molecule has 150 valence electrons. The van der Waals surface area contributed by atoms with E-state index in [0.29, 0.717) is 16.8 Å². The lowest BCUT2D eigenvalue weighted by Crippen LogP contribution is -2.40. The molecule has 29 heavy (non-hydrogen) atoms. The van der Waals surface area contributed by atoms with Crippen LogP contribution in [0.25, 0.3) is 10.9 Å². The quantitative estimate of drug-likeness (QED) is 0.649. The lowest BCUT2D eigenvalue weighted by atomic mass is 10.0. The highest BCUT2D eigenvalue weighted by molar-refractivity contribution is 6.12. The second-order valence-corrected chi connectivity index (χ2v) is 8.50. The number of benzene rings is 2. The summed E-state index contributed by atoms with van der Waals surface area (Å²) < 4.78 is 0. The first-order chi connectivity index (χ1) is 13.6. The zero-order valence-corrected chi connectivity index (χ0v) is 17.5. The number of hydrogen-bond donors (Lipinski definition) is 2. The number of pyridine rings is 1. The molecule has 0 unspecified atom stereocenters. The van der Waals surface area contributed by atoms with Crippen LogP contribution in [0.2, 0.25) is 0 Å². The van der Waals surface area contributed by atoms with E-state index in [4.69, 9.17) is 0 Å². The van der Waals surface area contributed by atoms with E-state index in [0.717, 1.165) is 16.6 Å². The minimum atomic E-state index is -0.305. The van der Waals surface area contributed by atoms with Crippen LogP contribution in [-0.4, -0.2) is 22.3 Å². The maximum absolute atomic E-state index is 13.0. The third kappa shape index (κ3) is 4.99. The highest BCUT2D eigenvalue weighted by atomic mass is 16.2. The lowest BCUT2D eigenvalue weighted by molar-refractivity contribution is 0.0919. The molecule has 1 aromatic heterocycles. The largest absolute Gasteiger partial charge is 0.347 e. The van der Waals surface area contributed by atoms with E-state index >= 15 is 0 Å². The van der Waals surface area contributed by atoms with Crippen molar-refractivity contribution >= 4 is 28.4 Å². The van der Waals surface area contributed by atoms with E-state index in [1.807, 2.05) is 51.1 Å². The van der Waals surface area contributed by atoms with Crippen LogP contribution in [0.4, 0.5) is 5.69 Å². The van der Waals surface area contributed by atoms with Gasteiger partial charge < -0.3 is 10.6 Å². The minimum Gasteiger partial charge on any atom is -0.347 e. The van der Waals surface area contributed by atoms with E-state index < -0.39 is 0 Å². The number of nitrogens with one attached hydrogen (secondary N) is 2. The first-order valence-corrected chi connectivity index (χ1v) is 9.77. The van der Waals surface area contributed by atoms with Gasteiger partial charge in [-0.15, -0.1) is 0 Å². The van der Waals surface area contributed by atoms with Gasteiger partial charge in [0.05, 0.1) is 11.1 Å². The molecule has 0 spiro atoms. The molecule has 5 nitrogen and oxygen atoms in total. The number of hydrogen-bond acceptors (Lipinski definition) is 3. The molecule has 3 aromatic rings. The SMILES string of the molecule is CC(C)c1cc(C(=O)Nc2ccc(C(=O)NC(C)(C)C)cc2)c2ccccc2n1. The molecule has 2 N–H and O–H groups in total. The molecule has 0 saturated carbocycles. The second kappa shape index (κ2) is 8.03. The standard InChI is InChI=1S/C24H27N3O2/c1-15(2)21-14-19(18-8-6-7-9-20(18)26-21)23(29)25-17-12-10-16(11-13-17)22(28)27-24(3,4)5/h6-15H,1-5H3,(H,25,29)(H,27,28). The molecule has 0 aliphatic carbocycles. The molecule has 0 saturated heterocycles. The van der Waals surface area contributed by atoms with Crippen LogP contribution < -0.4 is 10.6 Å². The van der Waals surface area contributed by atoms with E-state index in [-0.39, 0.29) is 23.3 Å². The number of fused-ring (bicyclic) bond motifs is 1. The number of aromatic nitrogens is 1. The van der Waals surface area contributed by atoms with Crippen molar-refractivity contribution in [1.82, 2.24) is 10.3 Å². The molecule has 0 fully saturated rings. The summed E-state index contributed by atoms with van der Waals surface area (Å²) in [4.78, 5) is 29.9. The van der Waals surface area contributed by atoms with Crippen LogP contribution in [-0.2, 0) is 0 Å². The monoisotopic (exact) mass is 389 g/mol. The number of amides is 2. The maximum Gasteiger partial charge on any atom is 0.256 e. The number of nitrogens with zero attached hydrogens (tertiary/aromatic N) is 1. The van der Waals surface area contributed by atoms with Gasteiger partial charge in [0, 0.05) is 27.9 Å². The van der Waals surface area contributed by atoms with Crippen LogP contribution in [0, 0.1) is 0 Å². The molecular weight excluding hydrogens is 362 g/mol. The molecule has 0 radical (unpaired) electrons. The molecule has 0 bridgehead atoms. The molecular formula is C24H27N3O2. The van der Waals surface area contributed by atoms with E-state index in [9.17, 15) is 9.59 Å². The Balaban J connectivity index is 1.84. The average molecular weight is 389 g/mol. The number of anilines is 1. The van der Waals surface area contributed by atoms with Crippen molar-refractivity contribution in [3.63, 3.8) is 0 Å². The minimum absolute atomic E-state index is 0.142. The van der Waals surface area contributed by atoms with E-state index in [1.54, 1.807) is 24.3 Å². The molecule has 0 atom stereocenters. The van der Waals surface area contributed by atoms with Gasteiger partial charge in [0.25, 0.3) is 11.8 Å². The fourth-order valence-corrected chi connectivity index (χ4v) is 3.00. The molecule has 2 amide bonds. The van der Waals surface area contributed by atoms with E-state index in [2.05, 4.69) is 29.5 Å². The normalized spacial score (nSPS) is 11.5. The highest BCUT2D eigenvalue weighted by Crippen LogP contribution is 2.23. The van der Waals surface area contributed by atoms with Gasteiger partial charge in [-0.1, -0.05) is 32.0 Å². The van der Waals surface area contributed by atoms with Crippen LogP contribution in [0.5, 0.6) is 0 Å². The number of carbonyl (C=O) groups is 2. The number of rotatable bonds is 4. The second-order valence-electron chi connectivity index (χ2n) is 8.50.